The Balaban J connectivity index is 1.62. The zero-order chi connectivity index (χ0) is 20.1. The number of carbonyl (C=O) groups excluding carboxylic acids is 1. The van der Waals surface area contributed by atoms with Gasteiger partial charge in [-0.05, 0) is 24.0 Å². The topological polar surface area (TPSA) is 48.0 Å². The summed E-state index contributed by atoms with van der Waals surface area (Å²) in [7, 11) is 1.43. The first-order valence-electron chi connectivity index (χ1n) is 10.5. The third-order valence-corrected chi connectivity index (χ3v) is 5.82. The van der Waals surface area contributed by atoms with E-state index in [0.717, 1.165) is 24.0 Å². The number of rotatable bonds is 6. The lowest BCUT2D eigenvalue weighted by Gasteiger charge is -2.31. The Morgan fingerprint density at radius 2 is 1.55 bits per heavy atom. The second kappa shape index (κ2) is 9.53. The molecule has 2 aromatic rings. The SMILES string of the molecule is COC(=O)[C@H]1C[C@@H](OC2CCCCC2)ON1C(c1ccccc1)c1ccccc1. The van der Waals surface area contributed by atoms with Crippen molar-refractivity contribution in [2.45, 2.75) is 63.0 Å². The Bertz CT molecular complexity index is 736. The van der Waals surface area contributed by atoms with Gasteiger partial charge in [0.25, 0.3) is 0 Å². The van der Waals surface area contributed by atoms with Crippen LogP contribution in [0.2, 0.25) is 0 Å². The number of ether oxygens (including phenoxy) is 2. The third-order valence-electron chi connectivity index (χ3n) is 5.82. The minimum absolute atomic E-state index is 0.207. The summed E-state index contributed by atoms with van der Waals surface area (Å²) in [5, 5.41) is 1.78. The van der Waals surface area contributed by atoms with E-state index in [9.17, 15) is 4.79 Å². The molecular formula is C24H29NO4. The van der Waals surface area contributed by atoms with Gasteiger partial charge in [-0.1, -0.05) is 79.9 Å². The van der Waals surface area contributed by atoms with Crippen molar-refractivity contribution in [3.63, 3.8) is 0 Å². The molecule has 1 aliphatic heterocycles. The predicted octanol–water partition coefficient (Wildman–Crippen LogP) is 4.63. The number of hydrogen-bond acceptors (Lipinski definition) is 5. The lowest BCUT2D eigenvalue weighted by molar-refractivity contribution is -0.266. The van der Waals surface area contributed by atoms with E-state index >= 15 is 0 Å². The molecule has 0 radical (unpaired) electrons. The summed E-state index contributed by atoms with van der Waals surface area (Å²) in [5.41, 5.74) is 2.12. The molecule has 0 unspecified atom stereocenters. The maximum Gasteiger partial charge on any atom is 0.325 e. The summed E-state index contributed by atoms with van der Waals surface area (Å²) in [6.07, 6.45) is 6.02. The molecule has 0 amide bonds. The van der Waals surface area contributed by atoms with E-state index in [1.54, 1.807) is 5.06 Å². The second-order valence-electron chi connectivity index (χ2n) is 7.79. The first kappa shape index (κ1) is 20.1. The second-order valence-corrected chi connectivity index (χ2v) is 7.79. The number of nitrogens with zero attached hydrogens (tertiary/aromatic N) is 1. The fourth-order valence-corrected chi connectivity index (χ4v) is 4.37. The highest BCUT2D eigenvalue weighted by Gasteiger charge is 2.45. The lowest BCUT2D eigenvalue weighted by Crippen LogP contribution is -2.39. The molecule has 1 heterocycles. The molecule has 0 aromatic heterocycles. The number of hydroxylamine groups is 2. The largest absolute Gasteiger partial charge is 0.468 e. The van der Waals surface area contributed by atoms with Gasteiger partial charge in [-0.25, -0.2) is 0 Å². The zero-order valence-corrected chi connectivity index (χ0v) is 16.9. The van der Waals surface area contributed by atoms with Crippen LogP contribution in [0.5, 0.6) is 0 Å². The Morgan fingerprint density at radius 3 is 2.10 bits per heavy atom. The van der Waals surface area contributed by atoms with Gasteiger partial charge in [0.2, 0.25) is 0 Å². The molecule has 2 atom stereocenters. The molecule has 4 rings (SSSR count). The Labute approximate surface area is 172 Å². The molecule has 0 spiro atoms. The summed E-state index contributed by atoms with van der Waals surface area (Å²) in [6, 6.07) is 19.5. The summed E-state index contributed by atoms with van der Waals surface area (Å²) in [6.45, 7) is 0. The Hall–Kier alpha value is -2.21. The van der Waals surface area contributed by atoms with Crippen LogP contribution in [0.4, 0.5) is 0 Å². The first-order valence-corrected chi connectivity index (χ1v) is 10.5. The standard InChI is InChI=1S/C24H29NO4/c1-27-24(26)21-17-22(28-20-15-9-4-10-16-20)29-25(21)23(18-11-5-2-6-12-18)19-13-7-3-8-14-19/h2-3,5-8,11-14,20-23H,4,9-10,15-17H2,1H3/t21-,22+/m1/s1. The quantitative estimate of drug-likeness (QED) is 0.668. The fraction of sp³-hybridized carbons (Fsp3) is 0.458. The van der Waals surface area contributed by atoms with Crippen LogP contribution in [0.15, 0.2) is 60.7 Å². The molecular weight excluding hydrogens is 366 g/mol. The monoisotopic (exact) mass is 395 g/mol. The lowest BCUT2D eigenvalue weighted by atomic mass is 9.97. The number of hydrogen-bond donors (Lipinski definition) is 0. The van der Waals surface area contributed by atoms with Crippen molar-refractivity contribution in [2.24, 2.45) is 0 Å². The zero-order valence-electron chi connectivity index (χ0n) is 16.9. The number of methoxy groups -OCH3 is 1. The smallest absolute Gasteiger partial charge is 0.325 e. The maximum absolute atomic E-state index is 12.6. The van der Waals surface area contributed by atoms with Crippen molar-refractivity contribution in [1.82, 2.24) is 5.06 Å². The van der Waals surface area contributed by atoms with Gasteiger partial charge in [-0.3, -0.25) is 9.63 Å². The number of esters is 1. The van der Waals surface area contributed by atoms with Crippen molar-refractivity contribution in [1.29, 1.82) is 0 Å². The van der Waals surface area contributed by atoms with Gasteiger partial charge in [0.05, 0.1) is 19.3 Å². The molecule has 0 bridgehead atoms. The molecule has 1 saturated carbocycles. The average molecular weight is 395 g/mol. The first-order chi connectivity index (χ1) is 14.3. The van der Waals surface area contributed by atoms with E-state index in [4.69, 9.17) is 14.3 Å². The van der Waals surface area contributed by atoms with Crippen LogP contribution in [0.1, 0.15) is 55.7 Å². The minimum atomic E-state index is -0.515. The Morgan fingerprint density at radius 1 is 0.966 bits per heavy atom. The molecule has 0 N–H and O–H groups in total. The number of benzene rings is 2. The Kier molecular flexibility index (Phi) is 6.60. The molecule has 2 aromatic carbocycles. The van der Waals surface area contributed by atoms with E-state index in [-0.39, 0.29) is 18.1 Å². The van der Waals surface area contributed by atoms with Gasteiger partial charge in [0.1, 0.15) is 6.04 Å². The van der Waals surface area contributed by atoms with Gasteiger partial charge in [0.15, 0.2) is 6.29 Å². The van der Waals surface area contributed by atoms with Gasteiger partial charge in [-0.2, -0.15) is 5.06 Å². The normalized spacial score (nSPS) is 23.4. The fourth-order valence-electron chi connectivity index (χ4n) is 4.37. The van der Waals surface area contributed by atoms with Crippen molar-refractivity contribution >= 4 is 5.97 Å². The average Bonchev–Trinajstić information content (AvgIpc) is 3.19. The highest BCUT2D eigenvalue weighted by molar-refractivity contribution is 5.76. The van der Waals surface area contributed by atoms with Crippen molar-refractivity contribution in [2.75, 3.05) is 7.11 Å². The summed E-state index contributed by atoms with van der Waals surface area (Å²) in [4.78, 5) is 18.9. The maximum atomic E-state index is 12.6. The van der Waals surface area contributed by atoms with Crippen LogP contribution in [-0.2, 0) is 19.1 Å². The van der Waals surface area contributed by atoms with Crippen LogP contribution in [0.25, 0.3) is 0 Å². The number of carbonyl (C=O) groups is 1. The van der Waals surface area contributed by atoms with E-state index in [2.05, 4.69) is 24.3 Å². The highest BCUT2D eigenvalue weighted by Crippen LogP contribution is 2.38. The van der Waals surface area contributed by atoms with Gasteiger partial charge in [-0.15, -0.1) is 0 Å². The molecule has 5 nitrogen and oxygen atoms in total. The van der Waals surface area contributed by atoms with Gasteiger partial charge < -0.3 is 9.47 Å². The summed E-state index contributed by atoms with van der Waals surface area (Å²) >= 11 is 0. The molecule has 1 saturated heterocycles. The predicted molar refractivity (Wildman–Crippen MR) is 110 cm³/mol. The summed E-state index contributed by atoms with van der Waals surface area (Å²) < 4.78 is 11.4. The minimum Gasteiger partial charge on any atom is -0.468 e. The van der Waals surface area contributed by atoms with E-state index < -0.39 is 12.3 Å². The van der Waals surface area contributed by atoms with Crippen LogP contribution in [-0.4, -0.2) is 36.6 Å². The van der Waals surface area contributed by atoms with Crippen LogP contribution in [0, 0.1) is 0 Å². The van der Waals surface area contributed by atoms with Crippen LogP contribution in [0.3, 0.4) is 0 Å². The van der Waals surface area contributed by atoms with Gasteiger partial charge in [0, 0.05) is 6.42 Å². The molecule has 1 aliphatic carbocycles. The molecule has 2 aliphatic rings. The van der Waals surface area contributed by atoms with E-state index in [1.165, 1.54) is 26.4 Å². The van der Waals surface area contributed by atoms with Crippen LogP contribution >= 0.6 is 0 Å². The van der Waals surface area contributed by atoms with Crippen LogP contribution < -0.4 is 0 Å². The van der Waals surface area contributed by atoms with E-state index in [1.807, 2.05) is 36.4 Å². The van der Waals surface area contributed by atoms with Crippen molar-refractivity contribution in [3.8, 4) is 0 Å². The van der Waals surface area contributed by atoms with Gasteiger partial charge >= 0.3 is 5.97 Å². The summed E-state index contributed by atoms with van der Waals surface area (Å²) in [5.74, 6) is -0.295. The molecule has 154 valence electrons. The highest BCUT2D eigenvalue weighted by atomic mass is 16.8. The van der Waals surface area contributed by atoms with Crippen molar-refractivity contribution in [3.05, 3.63) is 71.8 Å². The van der Waals surface area contributed by atoms with Crippen molar-refractivity contribution < 1.29 is 19.1 Å². The molecule has 2 fully saturated rings. The molecule has 29 heavy (non-hydrogen) atoms. The third kappa shape index (κ3) is 4.69. The molecule has 5 heteroatoms. The van der Waals surface area contributed by atoms with E-state index in [0.29, 0.717) is 6.42 Å².